The fraction of sp³-hybridized carbons (Fsp3) is 0. The number of para-hydroxylation sites is 3. The molecule has 11 aromatic rings. The van der Waals surface area contributed by atoms with E-state index >= 15 is 0 Å². The molecular weight excluding hydrogens is 679 g/mol. The number of rotatable bonds is 4. The van der Waals surface area contributed by atoms with E-state index < -0.39 is 0 Å². The zero-order valence-corrected chi connectivity index (χ0v) is 29.0. The predicted octanol–water partition coefficient (Wildman–Crippen LogP) is 12.8. The van der Waals surface area contributed by atoms with Gasteiger partial charge in [-0.3, -0.25) is 0 Å². The molecule has 4 heterocycles. The number of aromatic nitrogens is 3. The molecule has 0 spiro atoms. The molecule has 0 unspecified atom stereocenters. The lowest BCUT2D eigenvalue weighted by atomic mass is 9.99. The smallest absolute Gasteiger partial charge is 0.211 e. The zero-order valence-electron chi connectivity index (χ0n) is 29.0. The zero-order chi connectivity index (χ0) is 36.6. The molecule has 0 saturated heterocycles. The molecule has 0 atom stereocenters. The molecule has 0 amide bonds. The Morgan fingerprint density at radius 1 is 0.509 bits per heavy atom. The van der Waals surface area contributed by atoms with E-state index in [9.17, 15) is 5.26 Å². The Morgan fingerprint density at radius 2 is 1.13 bits per heavy atom. The molecule has 11 rings (SSSR count). The molecule has 0 fully saturated rings. The number of nitrogens with zero attached hydrogens (tertiary/aromatic N) is 5. The van der Waals surface area contributed by atoms with Crippen molar-refractivity contribution in [2.75, 3.05) is 0 Å². The lowest BCUT2D eigenvalue weighted by Crippen LogP contribution is -2.01. The third kappa shape index (κ3) is 4.61. The van der Waals surface area contributed by atoms with Gasteiger partial charge in [0.05, 0.1) is 34.7 Å². The summed E-state index contributed by atoms with van der Waals surface area (Å²) >= 11 is 0. The molecule has 0 radical (unpaired) electrons. The molecule has 0 N–H and O–H groups in total. The highest BCUT2D eigenvalue weighted by atomic mass is 16.3. The van der Waals surface area contributed by atoms with Crippen LogP contribution >= 0.6 is 0 Å². The van der Waals surface area contributed by atoms with Gasteiger partial charge in [0.25, 0.3) is 0 Å². The van der Waals surface area contributed by atoms with Gasteiger partial charge in [-0.05, 0) is 54.1 Å². The van der Waals surface area contributed by atoms with Crippen LogP contribution in [0, 0.1) is 17.9 Å². The first-order valence-electron chi connectivity index (χ1n) is 17.8. The second kappa shape index (κ2) is 11.8. The quantitative estimate of drug-likeness (QED) is 0.170. The molecule has 4 aromatic heterocycles. The minimum absolute atomic E-state index is 0.326. The number of hydrogen-bond acceptors (Lipinski definition) is 5. The summed E-state index contributed by atoms with van der Waals surface area (Å²) in [6.45, 7) is 8.43. The van der Waals surface area contributed by atoms with Crippen molar-refractivity contribution in [1.29, 1.82) is 5.26 Å². The van der Waals surface area contributed by atoms with Gasteiger partial charge in [-0.1, -0.05) is 97.1 Å². The van der Waals surface area contributed by atoms with Crippen molar-refractivity contribution in [3.8, 4) is 45.7 Å². The van der Waals surface area contributed by atoms with E-state index in [-0.39, 0.29) is 0 Å². The largest absolute Gasteiger partial charge is 0.456 e. The SMILES string of the molecule is [C-]#[N+]c1cc(-c2nc(-c3ccc4c(c3)oc3ccccc34)nc(-c3ccccc3)c2C#N)ccc1-n1c2ccccc2c2cc3c(cc21)oc1ccccc13. The van der Waals surface area contributed by atoms with E-state index in [2.05, 4.69) is 45.8 Å². The molecular formula is C48H25N5O2. The molecule has 0 aliphatic carbocycles. The van der Waals surface area contributed by atoms with Crippen LogP contribution in [-0.2, 0) is 0 Å². The molecule has 7 nitrogen and oxygen atoms in total. The van der Waals surface area contributed by atoms with E-state index in [0.29, 0.717) is 39.7 Å². The fourth-order valence-corrected chi connectivity index (χ4v) is 7.97. The van der Waals surface area contributed by atoms with E-state index in [0.717, 1.165) is 76.8 Å². The van der Waals surface area contributed by atoms with Crippen LogP contribution < -0.4 is 0 Å². The van der Waals surface area contributed by atoms with Gasteiger partial charge < -0.3 is 13.4 Å². The fourth-order valence-electron chi connectivity index (χ4n) is 7.97. The highest BCUT2D eigenvalue weighted by molar-refractivity contribution is 6.17. The molecule has 7 aromatic carbocycles. The van der Waals surface area contributed by atoms with Crippen molar-refractivity contribution in [3.05, 3.63) is 169 Å². The summed E-state index contributed by atoms with van der Waals surface area (Å²) < 4.78 is 14.7. The number of nitriles is 1. The molecule has 0 saturated carbocycles. The average molecular weight is 704 g/mol. The Kier molecular flexibility index (Phi) is 6.54. The predicted molar refractivity (Wildman–Crippen MR) is 218 cm³/mol. The van der Waals surface area contributed by atoms with E-state index in [4.69, 9.17) is 25.4 Å². The first-order chi connectivity index (χ1) is 27.2. The summed E-state index contributed by atoms with van der Waals surface area (Å²) in [5, 5.41) is 17.0. The maximum Gasteiger partial charge on any atom is 0.211 e. The number of fused-ring (bicyclic) bond motifs is 9. The van der Waals surface area contributed by atoms with Crippen LogP contribution in [0.2, 0.25) is 0 Å². The van der Waals surface area contributed by atoms with E-state index in [1.807, 2.05) is 121 Å². The van der Waals surface area contributed by atoms with E-state index in [1.54, 1.807) is 0 Å². The second-order valence-corrected chi connectivity index (χ2v) is 13.5. The van der Waals surface area contributed by atoms with Crippen molar-refractivity contribution < 1.29 is 8.83 Å². The van der Waals surface area contributed by atoms with Crippen molar-refractivity contribution in [2.45, 2.75) is 0 Å². The van der Waals surface area contributed by atoms with E-state index in [1.165, 1.54) is 0 Å². The van der Waals surface area contributed by atoms with Gasteiger partial charge in [0.1, 0.15) is 34.0 Å². The molecule has 254 valence electrons. The number of hydrogen-bond donors (Lipinski definition) is 0. The normalized spacial score (nSPS) is 11.6. The van der Waals surface area contributed by atoms with Gasteiger partial charge >= 0.3 is 0 Å². The maximum absolute atomic E-state index is 10.7. The first kappa shape index (κ1) is 30.6. The highest BCUT2D eigenvalue weighted by Gasteiger charge is 2.22. The average Bonchev–Trinajstić information content (AvgIpc) is 3.91. The Morgan fingerprint density at radius 3 is 1.87 bits per heavy atom. The summed E-state index contributed by atoms with van der Waals surface area (Å²) in [5.74, 6) is 0.445. The minimum Gasteiger partial charge on any atom is -0.456 e. The highest BCUT2D eigenvalue weighted by Crippen LogP contribution is 2.42. The maximum atomic E-state index is 10.7. The van der Waals surface area contributed by atoms with Gasteiger partial charge in [0.15, 0.2) is 5.82 Å². The topological polar surface area (TPSA) is 85.1 Å². The van der Waals surface area contributed by atoms with Crippen LogP contribution in [0.4, 0.5) is 5.69 Å². The van der Waals surface area contributed by atoms with Crippen molar-refractivity contribution in [1.82, 2.24) is 14.5 Å². The van der Waals surface area contributed by atoms with Crippen molar-refractivity contribution in [3.63, 3.8) is 0 Å². The Bertz CT molecular complexity index is 3470. The van der Waals surface area contributed by atoms with Gasteiger partial charge in [-0.25, -0.2) is 14.8 Å². The molecule has 0 bridgehead atoms. The Hall–Kier alpha value is -8.00. The summed E-state index contributed by atoms with van der Waals surface area (Å²) in [7, 11) is 0. The van der Waals surface area contributed by atoms with Crippen molar-refractivity contribution >= 4 is 71.4 Å². The van der Waals surface area contributed by atoms with Gasteiger partial charge in [0, 0.05) is 49.5 Å². The van der Waals surface area contributed by atoms with Crippen LogP contribution in [0.3, 0.4) is 0 Å². The first-order valence-corrected chi connectivity index (χ1v) is 17.8. The minimum atomic E-state index is 0.326. The van der Waals surface area contributed by atoms with Crippen LogP contribution in [0.15, 0.2) is 160 Å². The van der Waals surface area contributed by atoms with Crippen molar-refractivity contribution in [2.24, 2.45) is 0 Å². The third-order valence-electron chi connectivity index (χ3n) is 10.5. The number of furan rings is 2. The number of benzene rings is 7. The van der Waals surface area contributed by atoms with Gasteiger partial charge in [-0.2, -0.15) is 5.26 Å². The third-order valence-corrected chi connectivity index (χ3v) is 10.5. The lowest BCUT2D eigenvalue weighted by Gasteiger charge is -2.15. The van der Waals surface area contributed by atoms with Gasteiger partial charge in [-0.15, -0.1) is 0 Å². The molecule has 0 aliphatic rings. The Labute approximate surface area is 313 Å². The summed E-state index contributed by atoms with van der Waals surface area (Å²) in [4.78, 5) is 14.1. The molecule has 7 heteroatoms. The Balaban J connectivity index is 1.13. The second-order valence-electron chi connectivity index (χ2n) is 13.5. The summed E-state index contributed by atoms with van der Waals surface area (Å²) in [6, 6.07) is 52.3. The van der Waals surface area contributed by atoms with Crippen LogP contribution in [0.5, 0.6) is 0 Å². The standard InChI is InChI=1S/C48H25N5O2/c1-50-38-23-29(20-22-40(38)53-39-16-8-5-13-31(39)35-25-36-33-15-7-10-18-43(33)55-45(36)26-41(35)53)47-37(27-49)46(28-11-3-2-4-12-28)51-48(52-47)30-19-21-34-32-14-6-9-17-42(32)54-44(34)24-30/h2-26H. The molecule has 0 aliphatic heterocycles. The summed E-state index contributed by atoms with van der Waals surface area (Å²) in [6.07, 6.45) is 0. The van der Waals surface area contributed by atoms with Crippen LogP contribution in [-0.4, -0.2) is 14.5 Å². The monoisotopic (exact) mass is 703 g/mol. The van der Waals surface area contributed by atoms with Crippen LogP contribution in [0.25, 0.3) is 110 Å². The summed E-state index contributed by atoms with van der Waals surface area (Å²) in [5.41, 5.74) is 9.63. The van der Waals surface area contributed by atoms with Crippen LogP contribution in [0.1, 0.15) is 5.56 Å². The van der Waals surface area contributed by atoms with Gasteiger partial charge in [0.2, 0.25) is 5.69 Å². The lowest BCUT2D eigenvalue weighted by molar-refractivity contribution is 0.668. The molecule has 55 heavy (non-hydrogen) atoms.